The average molecular weight is 317 g/mol. The number of nitrogens with zero attached hydrogens (tertiary/aromatic N) is 3. The molecule has 1 aliphatic carbocycles. The highest BCUT2D eigenvalue weighted by Gasteiger charge is 2.29. The van der Waals surface area contributed by atoms with Crippen molar-refractivity contribution in [3.63, 3.8) is 0 Å². The molecule has 0 saturated heterocycles. The Labute approximate surface area is 135 Å². The summed E-state index contributed by atoms with van der Waals surface area (Å²) in [5, 5.41) is 9.09. The SMILES string of the molecule is Cn1cc2c(n1)[C@@H](COCC1CC1)CN(Cc1ccsc1)C2. The number of hydrogen-bond donors (Lipinski definition) is 0. The molecule has 0 aromatic carbocycles. The van der Waals surface area contributed by atoms with E-state index in [2.05, 4.69) is 33.0 Å². The van der Waals surface area contributed by atoms with Crippen LogP contribution in [0.5, 0.6) is 0 Å². The lowest BCUT2D eigenvalue weighted by Gasteiger charge is -2.31. The summed E-state index contributed by atoms with van der Waals surface area (Å²) in [6.07, 6.45) is 4.87. The summed E-state index contributed by atoms with van der Waals surface area (Å²) in [4.78, 5) is 2.53. The number of hydrogen-bond acceptors (Lipinski definition) is 4. The van der Waals surface area contributed by atoms with E-state index in [1.54, 1.807) is 11.3 Å². The van der Waals surface area contributed by atoms with Crippen molar-refractivity contribution in [2.45, 2.75) is 31.8 Å². The fourth-order valence-corrected chi connectivity index (χ4v) is 3.94. The summed E-state index contributed by atoms with van der Waals surface area (Å²) < 4.78 is 7.92. The molecule has 4 rings (SSSR count). The van der Waals surface area contributed by atoms with Gasteiger partial charge in [-0.25, -0.2) is 0 Å². The minimum Gasteiger partial charge on any atom is -0.380 e. The van der Waals surface area contributed by atoms with E-state index in [1.807, 2.05) is 11.7 Å². The molecule has 118 valence electrons. The number of fused-ring (bicyclic) bond motifs is 1. The van der Waals surface area contributed by atoms with Gasteiger partial charge in [-0.15, -0.1) is 0 Å². The lowest BCUT2D eigenvalue weighted by molar-refractivity contribution is 0.0881. The standard InChI is InChI=1S/C17H23N3OS/c1-19-7-15-8-20(6-14-4-5-22-12-14)9-16(17(15)18-19)11-21-10-13-2-3-13/h4-5,7,12-13,16H,2-3,6,8-11H2,1H3/t16-/m1/s1. The highest BCUT2D eigenvalue weighted by Crippen LogP contribution is 2.31. The first kappa shape index (κ1) is 14.4. The molecule has 1 atom stereocenters. The van der Waals surface area contributed by atoms with E-state index < -0.39 is 0 Å². The fraction of sp³-hybridized carbons (Fsp3) is 0.588. The molecule has 0 amide bonds. The summed E-state index contributed by atoms with van der Waals surface area (Å²) in [5.41, 5.74) is 4.03. The lowest BCUT2D eigenvalue weighted by atomic mass is 9.97. The van der Waals surface area contributed by atoms with Crippen LogP contribution in [0, 0.1) is 5.92 Å². The lowest BCUT2D eigenvalue weighted by Crippen LogP contribution is -2.34. The van der Waals surface area contributed by atoms with Crippen LogP contribution in [0.15, 0.2) is 23.0 Å². The summed E-state index contributed by atoms with van der Waals surface area (Å²) in [7, 11) is 2.02. The molecule has 0 unspecified atom stereocenters. The molecule has 0 spiro atoms. The van der Waals surface area contributed by atoms with Gasteiger partial charge in [0.25, 0.3) is 0 Å². The van der Waals surface area contributed by atoms with Gasteiger partial charge in [-0.05, 0) is 41.1 Å². The quantitative estimate of drug-likeness (QED) is 0.820. The molecular formula is C17H23N3OS. The third-order valence-electron chi connectivity index (χ3n) is 4.55. The maximum absolute atomic E-state index is 5.97. The second kappa shape index (κ2) is 6.14. The van der Waals surface area contributed by atoms with Gasteiger partial charge in [0.15, 0.2) is 0 Å². The fourth-order valence-electron chi connectivity index (χ4n) is 3.28. The van der Waals surface area contributed by atoms with E-state index in [9.17, 15) is 0 Å². The van der Waals surface area contributed by atoms with Gasteiger partial charge in [0.2, 0.25) is 0 Å². The maximum atomic E-state index is 5.97. The molecule has 1 saturated carbocycles. The van der Waals surface area contributed by atoms with Gasteiger partial charge >= 0.3 is 0 Å². The molecule has 0 radical (unpaired) electrons. The van der Waals surface area contributed by atoms with E-state index in [0.717, 1.165) is 38.8 Å². The molecule has 0 N–H and O–H groups in total. The molecule has 2 aliphatic rings. The molecule has 0 bridgehead atoms. The summed E-state index contributed by atoms with van der Waals surface area (Å²) in [6, 6.07) is 2.22. The van der Waals surface area contributed by atoms with Gasteiger partial charge in [-0.3, -0.25) is 9.58 Å². The van der Waals surface area contributed by atoms with Gasteiger partial charge in [0.1, 0.15) is 0 Å². The van der Waals surface area contributed by atoms with Crippen molar-refractivity contribution in [1.82, 2.24) is 14.7 Å². The second-order valence-corrected chi connectivity index (χ2v) is 7.47. The smallest absolute Gasteiger partial charge is 0.0736 e. The van der Waals surface area contributed by atoms with Crippen LogP contribution < -0.4 is 0 Å². The predicted molar refractivity (Wildman–Crippen MR) is 87.9 cm³/mol. The van der Waals surface area contributed by atoms with Crippen molar-refractivity contribution in [2.75, 3.05) is 19.8 Å². The summed E-state index contributed by atoms with van der Waals surface area (Å²) in [5.74, 6) is 1.23. The molecule has 3 heterocycles. The van der Waals surface area contributed by atoms with Crippen molar-refractivity contribution in [3.05, 3.63) is 39.8 Å². The number of ether oxygens (including phenoxy) is 1. The normalized spacial score (nSPS) is 22.0. The Morgan fingerprint density at radius 1 is 1.36 bits per heavy atom. The van der Waals surface area contributed by atoms with Crippen LogP contribution in [-0.4, -0.2) is 34.4 Å². The van der Waals surface area contributed by atoms with Crippen molar-refractivity contribution in [3.8, 4) is 0 Å². The molecule has 1 fully saturated rings. The minimum atomic E-state index is 0.405. The molecule has 5 heteroatoms. The van der Waals surface area contributed by atoms with Crippen molar-refractivity contribution < 1.29 is 4.74 Å². The number of rotatable bonds is 6. The van der Waals surface area contributed by atoms with Crippen LogP contribution in [0.3, 0.4) is 0 Å². The zero-order chi connectivity index (χ0) is 14.9. The number of aryl methyl sites for hydroxylation is 1. The van der Waals surface area contributed by atoms with Crippen LogP contribution in [0.4, 0.5) is 0 Å². The average Bonchev–Trinajstić information content (AvgIpc) is 3.02. The van der Waals surface area contributed by atoms with Crippen LogP contribution in [0.1, 0.15) is 35.6 Å². The Hall–Kier alpha value is -1.17. The van der Waals surface area contributed by atoms with Crippen molar-refractivity contribution in [2.24, 2.45) is 13.0 Å². The summed E-state index contributed by atoms with van der Waals surface area (Å²) in [6.45, 7) is 4.81. The first-order valence-electron chi connectivity index (χ1n) is 8.11. The van der Waals surface area contributed by atoms with Crippen LogP contribution in [0.2, 0.25) is 0 Å². The molecule has 2 aromatic heterocycles. The number of thiophene rings is 1. The molecule has 1 aliphatic heterocycles. The topological polar surface area (TPSA) is 30.3 Å². The first-order chi connectivity index (χ1) is 10.8. The van der Waals surface area contributed by atoms with E-state index in [-0.39, 0.29) is 0 Å². The van der Waals surface area contributed by atoms with Gasteiger partial charge in [-0.1, -0.05) is 0 Å². The monoisotopic (exact) mass is 317 g/mol. The first-order valence-corrected chi connectivity index (χ1v) is 9.06. The van der Waals surface area contributed by atoms with Crippen molar-refractivity contribution in [1.29, 1.82) is 0 Å². The third kappa shape index (κ3) is 3.26. The summed E-state index contributed by atoms with van der Waals surface area (Å²) >= 11 is 1.77. The van der Waals surface area contributed by atoms with Crippen LogP contribution in [0.25, 0.3) is 0 Å². The van der Waals surface area contributed by atoms with E-state index in [1.165, 1.54) is 29.7 Å². The van der Waals surface area contributed by atoms with Gasteiger partial charge in [0.05, 0.1) is 12.3 Å². The Morgan fingerprint density at radius 3 is 3.05 bits per heavy atom. The van der Waals surface area contributed by atoms with Crippen molar-refractivity contribution >= 4 is 11.3 Å². The van der Waals surface area contributed by atoms with Gasteiger partial charge in [0, 0.05) is 51.0 Å². The van der Waals surface area contributed by atoms with Gasteiger partial charge < -0.3 is 4.74 Å². The maximum Gasteiger partial charge on any atom is 0.0736 e. The minimum absolute atomic E-state index is 0.405. The van der Waals surface area contributed by atoms with Gasteiger partial charge in [-0.2, -0.15) is 16.4 Å². The number of aromatic nitrogens is 2. The van der Waals surface area contributed by atoms with Crippen LogP contribution >= 0.6 is 11.3 Å². The highest BCUT2D eigenvalue weighted by atomic mass is 32.1. The van der Waals surface area contributed by atoms with E-state index in [4.69, 9.17) is 4.74 Å². The largest absolute Gasteiger partial charge is 0.380 e. The zero-order valence-electron chi connectivity index (χ0n) is 13.1. The Morgan fingerprint density at radius 2 is 2.27 bits per heavy atom. The molecule has 2 aromatic rings. The molecule has 22 heavy (non-hydrogen) atoms. The highest BCUT2D eigenvalue weighted by molar-refractivity contribution is 7.07. The molecular weight excluding hydrogens is 294 g/mol. The zero-order valence-corrected chi connectivity index (χ0v) is 13.9. The Bertz CT molecular complexity index is 618. The second-order valence-electron chi connectivity index (χ2n) is 6.69. The van der Waals surface area contributed by atoms with E-state index >= 15 is 0 Å². The predicted octanol–water partition coefficient (Wildman–Crippen LogP) is 3.01. The van der Waals surface area contributed by atoms with Crippen LogP contribution in [-0.2, 0) is 24.9 Å². The third-order valence-corrected chi connectivity index (χ3v) is 5.28. The Balaban J connectivity index is 1.45. The Kier molecular flexibility index (Phi) is 4.03. The molecule has 4 nitrogen and oxygen atoms in total. The van der Waals surface area contributed by atoms with E-state index in [0.29, 0.717) is 5.92 Å².